The van der Waals surface area contributed by atoms with Crippen LogP contribution < -0.4 is 5.32 Å². The lowest BCUT2D eigenvalue weighted by molar-refractivity contribution is 0.0495. The first kappa shape index (κ1) is 13.3. The molecular weight excluding hydrogens is 365 g/mol. The Hall–Kier alpha value is -0.710. The third kappa shape index (κ3) is 2.06. The fraction of sp³-hybridized carbons (Fsp3) is 0.636. The summed E-state index contributed by atoms with van der Waals surface area (Å²) in [5.74, 6) is -0.452. The SMILES string of the molecule is CCOC(=O)c1c(I)nn2c1C(O)N[C@@H]1COC[C@@H]12. The highest BCUT2D eigenvalue weighted by Gasteiger charge is 2.42. The van der Waals surface area contributed by atoms with Crippen molar-refractivity contribution < 1.29 is 19.4 Å². The van der Waals surface area contributed by atoms with Crippen LogP contribution in [0.3, 0.4) is 0 Å². The Labute approximate surface area is 123 Å². The molecule has 104 valence electrons. The molecule has 1 aromatic heterocycles. The summed E-state index contributed by atoms with van der Waals surface area (Å²) < 4.78 is 12.7. The van der Waals surface area contributed by atoms with Crippen LogP contribution in [0.4, 0.5) is 0 Å². The quantitative estimate of drug-likeness (QED) is 0.564. The van der Waals surface area contributed by atoms with Crippen molar-refractivity contribution in [1.82, 2.24) is 15.1 Å². The van der Waals surface area contributed by atoms with Gasteiger partial charge in [-0.05, 0) is 29.5 Å². The van der Waals surface area contributed by atoms with Gasteiger partial charge in [0.2, 0.25) is 0 Å². The molecule has 3 rings (SSSR count). The second-order valence-corrected chi connectivity index (χ2v) is 5.52. The monoisotopic (exact) mass is 379 g/mol. The smallest absolute Gasteiger partial charge is 0.342 e. The van der Waals surface area contributed by atoms with Crippen molar-refractivity contribution in [2.24, 2.45) is 0 Å². The minimum Gasteiger partial charge on any atom is -0.462 e. The number of rotatable bonds is 2. The number of fused-ring (bicyclic) bond motifs is 3. The first-order chi connectivity index (χ1) is 9.13. The first-order valence-corrected chi connectivity index (χ1v) is 7.18. The standard InChI is InChI=1S/C11H14IN3O4/c1-2-19-11(17)7-8-10(16)13-5-3-18-4-6(5)15(8)14-9(7)12/h5-6,10,13,16H,2-4H2,1H3/t5-,6+,10?/m1/s1. The van der Waals surface area contributed by atoms with E-state index < -0.39 is 12.2 Å². The third-order valence-electron chi connectivity index (χ3n) is 3.38. The highest BCUT2D eigenvalue weighted by Crippen LogP contribution is 2.33. The van der Waals surface area contributed by atoms with Gasteiger partial charge in [-0.25, -0.2) is 4.79 Å². The van der Waals surface area contributed by atoms with Crippen molar-refractivity contribution in [2.45, 2.75) is 25.2 Å². The zero-order valence-corrected chi connectivity index (χ0v) is 12.5. The third-order valence-corrected chi connectivity index (χ3v) is 4.14. The lowest BCUT2D eigenvalue weighted by Crippen LogP contribution is -2.46. The molecule has 1 fully saturated rings. The molecule has 0 amide bonds. The van der Waals surface area contributed by atoms with Gasteiger partial charge < -0.3 is 14.6 Å². The minimum atomic E-state index is -0.932. The molecule has 7 nitrogen and oxygen atoms in total. The number of hydrogen-bond acceptors (Lipinski definition) is 6. The average Bonchev–Trinajstić information content (AvgIpc) is 2.92. The van der Waals surface area contributed by atoms with E-state index in [-0.39, 0.29) is 18.7 Å². The number of ether oxygens (including phenoxy) is 2. The Balaban J connectivity index is 2.06. The maximum absolute atomic E-state index is 12.0. The molecule has 19 heavy (non-hydrogen) atoms. The molecule has 0 aliphatic carbocycles. The van der Waals surface area contributed by atoms with E-state index in [2.05, 4.69) is 10.4 Å². The van der Waals surface area contributed by atoms with Gasteiger partial charge >= 0.3 is 5.97 Å². The topological polar surface area (TPSA) is 85.6 Å². The molecule has 1 aromatic rings. The van der Waals surface area contributed by atoms with E-state index >= 15 is 0 Å². The Morgan fingerprint density at radius 1 is 1.68 bits per heavy atom. The van der Waals surface area contributed by atoms with Gasteiger partial charge in [-0.1, -0.05) is 0 Å². The Kier molecular flexibility index (Phi) is 3.50. The Bertz CT molecular complexity index is 518. The number of nitrogens with zero attached hydrogens (tertiary/aromatic N) is 2. The Morgan fingerprint density at radius 2 is 2.47 bits per heavy atom. The average molecular weight is 379 g/mol. The second-order valence-electron chi connectivity index (χ2n) is 4.50. The van der Waals surface area contributed by atoms with E-state index in [4.69, 9.17) is 9.47 Å². The molecule has 2 aliphatic rings. The predicted molar refractivity (Wildman–Crippen MR) is 72.6 cm³/mol. The van der Waals surface area contributed by atoms with Crippen LogP contribution in [0.25, 0.3) is 0 Å². The summed E-state index contributed by atoms with van der Waals surface area (Å²) in [6.07, 6.45) is -0.932. The summed E-state index contributed by atoms with van der Waals surface area (Å²) >= 11 is 1.99. The summed E-state index contributed by atoms with van der Waals surface area (Å²) in [4.78, 5) is 12.0. The number of hydrogen-bond donors (Lipinski definition) is 2. The number of esters is 1. The zero-order valence-electron chi connectivity index (χ0n) is 10.3. The number of aromatic nitrogens is 2. The van der Waals surface area contributed by atoms with Gasteiger partial charge in [0, 0.05) is 0 Å². The Morgan fingerprint density at radius 3 is 3.21 bits per heavy atom. The fourth-order valence-corrected chi connectivity index (χ4v) is 3.28. The number of aliphatic hydroxyl groups is 1. The van der Waals surface area contributed by atoms with Gasteiger partial charge in [-0.3, -0.25) is 10.00 Å². The van der Waals surface area contributed by atoms with Gasteiger partial charge in [0.25, 0.3) is 0 Å². The molecule has 0 aromatic carbocycles. The van der Waals surface area contributed by atoms with Gasteiger partial charge in [0.15, 0.2) is 0 Å². The van der Waals surface area contributed by atoms with Crippen LogP contribution in [0, 0.1) is 3.70 Å². The van der Waals surface area contributed by atoms with Crippen molar-refractivity contribution in [3.63, 3.8) is 0 Å². The number of aliphatic hydroxyl groups excluding tert-OH is 1. The van der Waals surface area contributed by atoms with Crippen LogP contribution in [0.2, 0.25) is 0 Å². The molecule has 2 aliphatic heterocycles. The first-order valence-electron chi connectivity index (χ1n) is 6.10. The highest BCUT2D eigenvalue weighted by atomic mass is 127. The molecule has 3 heterocycles. The summed E-state index contributed by atoms with van der Waals surface area (Å²) in [6.45, 7) is 3.10. The minimum absolute atomic E-state index is 0.00934. The normalized spacial score (nSPS) is 28.9. The number of carbonyl (C=O) groups excluding carboxylic acids is 1. The van der Waals surface area contributed by atoms with Crippen molar-refractivity contribution >= 4 is 28.6 Å². The summed E-state index contributed by atoms with van der Waals surface area (Å²) in [5, 5.41) is 17.6. The van der Waals surface area contributed by atoms with Crippen LogP contribution in [0.15, 0.2) is 0 Å². The van der Waals surface area contributed by atoms with Crippen LogP contribution in [0.1, 0.15) is 35.2 Å². The van der Waals surface area contributed by atoms with Gasteiger partial charge in [-0.2, -0.15) is 5.10 Å². The van der Waals surface area contributed by atoms with Crippen LogP contribution in [-0.2, 0) is 9.47 Å². The summed E-state index contributed by atoms with van der Waals surface area (Å²) in [5.41, 5.74) is 0.808. The number of nitrogens with one attached hydrogen (secondary N) is 1. The van der Waals surface area contributed by atoms with E-state index in [1.54, 1.807) is 11.6 Å². The van der Waals surface area contributed by atoms with Crippen molar-refractivity contribution in [1.29, 1.82) is 0 Å². The van der Waals surface area contributed by atoms with Crippen molar-refractivity contribution in [3.8, 4) is 0 Å². The molecule has 3 atom stereocenters. The molecule has 1 saturated heterocycles. The van der Waals surface area contributed by atoms with Crippen LogP contribution in [-0.4, -0.2) is 46.7 Å². The van der Waals surface area contributed by atoms with Gasteiger partial charge in [0.1, 0.15) is 15.5 Å². The lowest BCUT2D eigenvalue weighted by atomic mass is 10.1. The van der Waals surface area contributed by atoms with Crippen molar-refractivity contribution in [3.05, 3.63) is 15.0 Å². The van der Waals surface area contributed by atoms with Crippen molar-refractivity contribution in [2.75, 3.05) is 19.8 Å². The van der Waals surface area contributed by atoms with E-state index in [1.807, 2.05) is 22.6 Å². The molecule has 0 saturated carbocycles. The molecule has 0 spiro atoms. The summed E-state index contributed by atoms with van der Waals surface area (Å²) in [7, 11) is 0. The molecule has 0 bridgehead atoms. The largest absolute Gasteiger partial charge is 0.462 e. The van der Waals surface area contributed by atoms with E-state index in [1.165, 1.54) is 0 Å². The van der Waals surface area contributed by atoms with Crippen LogP contribution >= 0.6 is 22.6 Å². The second kappa shape index (κ2) is 5.00. The van der Waals surface area contributed by atoms with E-state index in [9.17, 15) is 9.90 Å². The van der Waals surface area contributed by atoms with Gasteiger partial charge in [-0.15, -0.1) is 0 Å². The zero-order chi connectivity index (χ0) is 13.6. The maximum atomic E-state index is 12.0. The van der Waals surface area contributed by atoms with Crippen LogP contribution in [0.5, 0.6) is 0 Å². The van der Waals surface area contributed by atoms with E-state index in [0.717, 1.165) is 0 Å². The lowest BCUT2D eigenvalue weighted by Gasteiger charge is -2.30. The molecule has 0 radical (unpaired) electrons. The molecular formula is C11H14IN3O4. The highest BCUT2D eigenvalue weighted by molar-refractivity contribution is 14.1. The fourth-order valence-electron chi connectivity index (χ4n) is 2.55. The predicted octanol–water partition coefficient (Wildman–Crippen LogP) is 0.198. The molecule has 1 unspecified atom stereocenters. The molecule has 8 heteroatoms. The number of carbonyl (C=O) groups is 1. The number of halogens is 1. The molecule has 2 N–H and O–H groups in total. The maximum Gasteiger partial charge on any atom is 0.342 e. The van der Waals surface area contributed by atoms with E-state index in [0.29, 0.717) is 28.2 Å². The van der Waals surface area contributed by atoms with Gasteiger partial charge in [0.05, 0.1) is 37.6 Å². The summed E-state index contributed by atoms with van der Waals surface area (Å²) in [6, 6.07) is 0.0309.